The zero-order valence-corrected chi connectivity index (χ0v) is 9.98. The molecule has 0 radical (unpaired) electrons. The van der Waals surface area contributed by atoms with Gasteiger partial charge >= 0.3 is 0 Å². The standard InChI is InChI=1S/C13H12ClNO2/c14-11-6-3-10(4-7-11)5-8-13(17)15-9-1-2-12(15)16/h3-8H,1-2,9H2/b8-5+. The molecule has 4 heteroatoms. The van der Waals surface area contributed by atoms with Crippen molar-refractivity contribution in [2.45, 2.75) is 12.8 Å². The average molecular weight is 250 g/mol. The molecule has 0 aromatic heterocycles. The topological polar surface area (TPSA) is 37.4 Å². The van der Waals surface area contributed by atoms with Gasteiger partial charge in [0.05, 0.1) is 0 Å². The molecule has 1 aliphatic rings. The van der Waals surface area contributed by atoms with E-state index in [-0.39, 0.29) is 11.8 Å². The van der Waals surface area contributed by atoms with Gasteiger partial charge in [-0.15, -0.1) is 0 Å². The maximum atomic E-state index is 11.7. The molecule has 3 nitrogen and oxygen atoms in total. The van der Waals surface area contributed by atoms with Gasteiger partial charge in [0.25, 0.3) is 5.91 Å². The third-order valence-corrected chi connectivity index (χ3v) is 2.88. The number of likely N-dealkylation sites (tertiary alicyclic amines) is 1. The van der Waals surface area contributed by atoms with Gasteiger partial charge < -0.3 is 0 Å². The van der Waals surface area contributed by atoms with Crippen molar-refractivity contribution in [1.82, 2.24) is 4.90 Å². The van der Waals surface area contributed by atoms with Crippen molar-refractivity contribution in [3.05, 3.63) is 40.9 Å². The average Bonchev–Trinajstić information content (AvgIpc) is 2.74. The second-order valence-electron chi connectivity index (χ2n) is 3.87. The number of carbonyl (C=O) groups is 2. The number of benzene rings is 1. The lowest BCUT2D eigenvalue weighted by Gasteiger charge is -2.09. The minimum absolute atomic E-state index is 0.0873. The summed E-state index contributed by atoms with van der Waals surface area (Å²) in [5, 5.41) is 0.656. The molecule has 2 amide bonds. The Morgan fingerprint density at radius 3 is 2.59 bits per heavy atom. The highest BCUT2D eigenvalue weighted by Gasteiger charge is 2.24. The highest BCUT2D eigenvalue weighted by molar-refractivity contribution is 6.30. The van der Waals surface area contributed by atoms with Crippen LogP contribution in [0.15, 0.2) is 30.3 Å². The first-order valence-electron chi connectivity index (χ1n) is 5.45. The molecule has 0 aliphatic carbocycles. The second-order valence-corrected chi connectivity index (χ2v) is 4.31. The van der Waals surface area contributed by atoms with Crippen LogP contribution in [0.25, 0.3) is 6.08 Å². The number of nitrogens with zero attached hydrogens (tertiary/aromatic N) is 1. The van der Waals surface area contributed by atoms with E-state index in [0.717, 1.165) is 12.0 Å². The molecule has 1 saturated heterocycles. The first kappa shape index (κ1) is 11.9. The number of amides is 2. The predicted octanol–water partition coefficient (Wildman–Crippen LogP) is 2.50. The van der Waals surface area contributed by atoms with Crippen LogP contribution in [-0.4, -0.2) is 23.3 Å². The SMILES string of the molecule is O=C(/C=C/c1ccc(Cl)cc1)N1CCCC1=O. The Morgan fingerprint density at radius 1 is 1.29 bits per heavy atom. The summed E-state index contributed by atoms with van der Waals surface area (Å²) in [6.45, 7) is 0.530. The fourth-order valence-electron chi connectivity index (χ4n) is 1.71. The summed E-state index contributed by atoms with van der Waals surface area (Å²) in [7, 11) is 0. The molecular formula is C13H12ClNO2. The van der Waals surface area contributed by atoms with Crippen molar-refractivity contribution in [1.29, 1.82) is 0 Å². The molecule has 1 heterocycles. The van der Waals surface area contributed by atoms with E-state index in [9.17, 15) is 9.59 Å². The Kier molecular flexibility index (Phi) is 3.59. The fraction of sp³-hybridized carbons (Fsp3) is 0.231. The van der Waals surface area contributed by atoms with Gasteiger partial charge in [-0.25, -0.2) is 0 Å². The molecule has 1 aromatic carbocycles. The van der Waals surface area contributed by atoms with E-state index in [1.54, 1.807) is 18.2 Å². The highest BCUT2D eigenvalue weighted by Crippen LogP contribution is 2.13. The van der Waals surface area contributed by atoms with Gasteiger partial charge in [-0.2, -0.15) is 0 Å². The molecule has 0 N–H and O–H groups in total. The van der Waals surface area contributed by atoms with E-state index < -0.39 is 0 Å². The normalized spacial score (nSPS) is 15.8. The maximum absolute atomic E-state index is 11.7. The van der Waals surface area contributed by atoms with Crippen LogP contribution in [0.3, 0.4) is 0 Å². The molecular weight excluding hydrogens is 238 g/mol. The van der Waals surface area contributed by atoms with Gasteiger partial charge in [-0.1, -0.05) is 23.7 Å². The smallest absolute Gasteiger partial charge is 0.253 e. The molecule has 17 heavy (non-hydrogen) atoms. The van der Waals surface area contributed by atoms with Crippen LogP contribution in [0.2, 0.25) is 5.02 Å². The van der Waals surface area contributed by atoms with E-state index >= 15 is 0 Å². The molecule has 1 aromatic rings. The number of rotatable bonds is 2. The summed E-state index contributed by atoms with van der Waals surface area (Å²) in [5.74, 6) is -0.335. The van der Waals surface area contributed by atoms with Gasteiger partial charge in [0, 0.05) is 24.1 Å². The van der Waals surface area contributed by atoms with Crippen molar-refractivity contribution < 1.29 is 9.59 Å². The second kappa shape index (κ2) is 5.15. The van der Waals surface area contributed by atoms with Crippen molar-refractivity contribution in [2.24, 2.45) is 0 Å². The highest BCUT2D eigenvalue weighted by atomic mass is 35.5. The van der Waals surface area contributed by atoms with Crippen LogP contribution in [0.5, 0.6) is 0 Å². The molecule has 1 fully saturated rings. The molecule has 0 bridgehead atoms. The number of imide groups is 1. The quantitative estimate of drug-likeness (QED) is 0.756. The van der Waals surface area contributed by atoms with Crippen LogP contribution in [0.4, 0.5) is 0 Å². The lowest BCUT2D eigenvalue weighted by Crippen LogP contribution is -2.30. The van der Waals surface area contributed by atoms with Gasteiger partial charge in [-0.3, -0.25) is 14.5 Å². The Bertz CT molecular complexity index is 465. The van der Waals surface area contributed by atoms with Crippen molar-refractivity contribution in [2.75, 3.05) is 6.54 Å². The van der Waals surface area contributed by atoms with Crippen LogP contribution in [-0.2, 0) is 9.59 Å². The first-order chi connectivity index (χ1) is 8.16. The molecule has 0 atom stereocenters. The van der Waals surface area contributed by atoms with E-state index in [1.165, 1.54) is 11.0 Å². The molecule has 1 aliphatic heterocycles. The van der Waals surface area contributed by atoms with Gasteiger partial charge in [-0.05, 0) is 30.2 Å². The number of hydrogen-bond donors (Lipinski definition) is 0. The summed E-state index contributed by atoms with van der Waals surface area (Å²) < 4.78 is 0. The van der Waals surface area contributed by atoms with E-state index in [1.807, 2.05) is 12.1 Å². The van der Waals surface area contributed by atoms with Crippen LogP contribution in [0.1, 0.15) is 18.4 Å². The van der Waals surface area contributed by atoms with E-state index in [0.29, 0.717) is 18.0 Å². The van der Waals surface area contributed by atoms with E-state index in [4.69, 9.17) is 11.6 Å². The lowest BCUT2D eigenvalue weighted by molar-refractivity contribution is -0.138. The van der Waals surface area contributed by atoms with Crippen LogP contribution >= 0.6 is 11.6 Å². The monoisotopic (exact) mass is 249 g/mol. The van der Waals surface area contributed by atoms with Gasteiger partial charge in [0.15, 0.2) is 0 Å². The molecule has 88 valence electrons. The molecule has 0 saturated carbocycles. The van der Waals surface area contributed by atoms with Crippen molar-refractivity contribution in [3.63, 3.8) is 0 Å². The van der Waals surface area contributed by atoms with Gasteiger partial charge in [0.1, 0.15) is 0 Å². The number of carbonyl (C=O) groups excluding carboxylic acids is 2. The van der Waals surface area contributed by atoms with Gasteiger partial charge in [0.2, 0.25) is 5.91 Å². The minimum atomic E-state index is -0.248. The largest absolute Gasteiger partial charge is 0.279 e. The molecule has 0 spiro atoms. The number of halogens is 1. The van der Waals surface area contributed by atoms with E-state index in [2.05, 4.69) is 0 Å². The van der Waals surface area contributed by atoms with Crippen LogP contribution in [0, 0.1) is 0 Å². The maximum Gasteiger partial charge on any atom is 0.253 e. The zero-order valence-electron chi connectivity index (χ0n) is 9.23. The Hall–Kier alpha value is -1.61. The Morgan fingerprint density at radius 2 is 2.00 bits per heavy atom. The Balaban J connectivity index is 2.03. The van der Waals surface area contributed by atoms with Crippen molar-refractivity contribution >= 4 is 29.5 Å². The van der Waals surface area contributed by atoms with Crippen molar-refractivity contribution in [3.8, 4) is 0 Å². The predicted molar refractivity (Wildman–Crippen MR) is 66.4 cm³/mol. The number of hydrogen-bond acceptors (Lipinski definition) is 2. The fourth-order valence-corrected chi connectivity index (χ4v) is 1.84. The summed E-state index contributed by atoms with van der Waals surface area (Å²) in [6.07, 6.45) is 4.34. The minimum Gasteiger partial charge on any atom is -0.279 e. The summed E-state index contributed by atoms with van der Waals surface area (Å²) in [4.78, 5) is 24.3. The Labute approximate surface area is 105 Å². The third kappa shape index (κ3) is 2.94. The molecule has 0 unspecified atom stereocenters. The summed E-state index contributed by atoms with van der Waals surface area (Å²) in [5.41, 5.74) is 0.884. The van der Waals surface area contributed by atoms with Crippen LogP contribution < -0.4 is 0 Å². The zero-order chi connectivity index (χ0) is 12.3. The third-order valence-electron chi connectivity index (χ3n) is 2.63. The lowest BCUT2D eigenvalue weighted by atomic mass is 10.2. The summed E-state index contributed by atoms with van der Waals surface area (Å²) in [6, 6.07) is 7.15. The first-order valence-corrected chi connectivity index (χ1v) is 5.82. The molecule has 2 rings (SSSR count). The summed E-state index contributed by atoms with van der Waals surface area (Å²) >= 11 is 5.75.